The highest BCUT2D eigenvalue weighted by atomic mass is 32.2. The summed E-state index contributed by atoms with van der Waals surface area (Å²) in [6.45, 7) is -0.154. The number of imide groups is 1. The largest absolute Gasteiger partial charge is 0.489 e. The monoisotopic (exact) mass is 401 g/mol. The zero-order valence-electron chi connectivity index (χ0n) is 14.9. The van der Waals surface area contributed by atoms with E-state index in [1.54, 1.807) is 42.5 Å². The Morgan fingerprint density at radius 3 is 2.64 bits per heavy atom. The summed E-state index contributed by atoms with van der Waals surface area (Å²) in [5.41, 5.74) is 1.48. The topological polar surface area (TPSA) is 72.9 Å². The molecule has 2 aromatic rings. The van der Waals surface area contributed by atoms with Crippen molar-refractivity contribution in [2.24, 2.45) is 0 Å². The van der Waals surface area contributed by atoms with Gasteiger partial charge in [0.05, 0.1) is 12.0 Å². The van der Waals surface area contributed by atoms with Crippen molar-refractivity contribution < 1.29 is 28.2 Å². The first kappa shape index (κ1) is 19.6. The van der Waals surface area contributed by atoms with Crippen LogP contribution in [0.15, 0.2) is 53.4 Å². The molecule has 1 aliphatic rings. The summed E-state index contributed by atoms with van der Waals surface area (Å²) in [5.74, 6) is -0.962. The van der Waals surface area contributed by atoms with Gasteiger partial charge in [-0.05, 0) is 53.2 Å². The summed E-state index contributed by atoms with van der Waals surface area (Å²) in [6, 6.07) is 13.0. The molecular weight excluding hydrogens is 385 g/mol. The van der Waals surface area contributed by atoms with Crippen LogP contribution in [0.1, 0.15) is 11.1 Å². The number of amides is 2. The number of nitrogens with zero attached hydrogens (tertiary/aromatic N) is 1. The quantitative estimate of drug-likeness (QED) is 0.544. The Balaban J connectivity index is 1.69. The maximum absolute atomic E-state index is 12.9. The van der Waals surface area contributed by atoms with Crippen molar-refractivity contribution in [1.29, 1.82) is 0 Å². The Morgan fingerprint density at radius 1 is 1.18 bits per heavy atom. The van der Waals surface area contributed by atoms with Gasteiger partial charge in [0.1, 0.15) is 24.7 Å². The molecule has 0 atom stereocenters. The van der Waals surface area contributed by atoms with Crippen LogP contribution >= 0.6 is 11.8 Å². The summed E-state index contributed by atoms with van der Waals surface area (Å²) in [7, 11) is 1.19. The number of hydrogen-bond acceptors (Lipinski definition) is 6. The summed E-state index contributed by atoms with van der Waals surface area (Å²) in [6.07, 6.45) is 1.56. The van der Waals surface area contributed by atoms with E-state index in [2.05, 4.69) is 4.74 Å². The maximum atomic E-state index is 12.9. The second kappa shape index (κ2) is 8.71. The molecule has 0 spiro atoms. The average molecular weight is 401 g/mol. The third kappa shape index (κ3) is 4.77. The molecule has 0 unspecified atom stereocenters. The summed E-state index contributed by atoms with van der Waals surface area (Å²) >= 11 is 0.761. The lowest BCUT2D eigenvalue weighted by Gasteiger charge is -2.09. The van der Waals surface area contributed by atoms with Crippen molar-refractivity contribution in [2.75, 3.05) is 13.7 Å². The minimum atomic E-state index is -0.667. The molecular formula is C20H16FNO5S. The lowest BCUT2D eigenvalue weighted by molar-refractivity contribution is -0.143. The van der Waals surface area contributed by atoms with Gasteiger partial charge in [-0.1, -0.05) is 24.3 Å². The van der Waals surface area contributed by atoms with Crippen LogP contribution in [-0.4, -0.2) is 35.7 Å². The van der Waals surface area contributed by atoms with Crippen LogP contribution in [0, 0.1) is 5.82 Å². The fourth-order valence-corrected chi connectivity index (χ4v) is 3.26. The average Bonchev–Trinajstić information content (AvgIpc) is 2.95. The molecule has 3 rings (SSSR count). The molecule has 144 valence electrons. The molecule has 0 N–H and O–H groups in total. The Labute approximate surface area is 164 Å². The standard InChI is InChI=1S/C20H16FNO5S/c1-26-18(23)11-22-19(24)17(28-20(22)25)10-14-3-2-4-16(9-14)27-12-13-5-7-15(21)8-6-13/h2-10H,11-12H2,1H3. The predicted molar refractivity (Wildman–Crippen MR) is 102 cm³/mol. The molecule has 8 heteroatoms. The van der Waals surface area contributed by atoms with E-state index < -0.39 is 23.7 Å². The van der Waals surface area contributed by atoms with Gasteiger partial charge in [0, 0.05) is 0 Å². The Kier molecular flexibility index (Phi) is 6.10. The van der Waals surface area contributed by atoms with Crippen molar-refractivity contribution in [3.8, 4) is 5.75 Å². The van der Waals surface area contributed by atoms with Crippen molar-refractivity contribution >= 4 is 35.0 Å². The lowest BCUT2D eigenvalue weighted by atomic mass is 10.2. The van der Waals surface area contributed by atoms with E-state index in [0.717, 1.165) is 22.2 Å². The van der Waals surface area contributed by atoms with E-state index in [-0.39, 0.29) is 17.3 Å². The fraction of sp³-hybridized carbons (Fsp3) is 0.150. The number of esters is 1. The van der Waals surface area contributed by atoms with Crippen LogP contribution in [0.25, 0.3) is 6.08 Å². The van der Waals surface area contributed by atoms with Gasteiger partial charge >= 0.3 is 5.97 Å². The van der Waals surface area contributed by atoms with Crippen LogP contribution < -0.4 is 4.74 Å². The first-order valence-electron chi connectivity index (χ1n) is 8.26. The van der Waals surface area contributed by atoms with Crippen molar-refractivity contribution in [3.63, 3.8) is 0 Å². The van der Waals surface area contributed by atoms with E-state index in [4.69, 9.17) is 4.74 Å². The van der Waals surface area contributed by atoms with Crippen molar-refractivity contribution in [1.82, 2.24) is 4.90 Å². The third-order valence-electron chi connectivity index (χ3n) is 3.86. The molecule has 6 nitrogen and oxygen atoms in total. The SMILES string of the molecule is COC(=O)CN1C(=O)SC(=Cc2cccc(OCc3ccc(F)cc3)c2)C1=O. The zero-order chi connectivity index (χ0) is 20.1. The summed E-state index contributed by atoms with van der Waals surface area (Å²) < 4.78 is 23.1. The van der Waals surface area contributed by atoms with E-state index in [9.17, 15) is 18.8 Å². The molecule has 28 heavy (non-hydrogen) atoms. The molecule has 2 amide bonds. The van der Waals surface area contributed by atoms with Gasteiger partial charge in [0.2, 0.25) is 0 Å². The van der Waals surface area contributed by atoms with Crippen LogP contribution in [0.4, 0.5) is 9.18 Å². The van der Waals surface area contributed by atoms with E-state index >= 15 is 0 Å². The third-order valence-corrected chi connectivity index (χ3v) is 4.77. The molecule has 0 aliphatic carbocycles. The normalized spacial score (nSPS) is 15.2. The molecule has 1 fully saturated rings. The van der Waals surface area contributed by atoms with Crippen LogP contribution in [-0.2, 0) is 20.9 Å². The van der Waals surface area contributed by atoms with E-state index in [0.29, 0.717) is 11.3 Å². The molecule has 1 saturated heterocycles. The summed E-state index contributed by atoms with van der Waals surface area (Å²) in [5, 5.41) is -0.523. The van der Waals surface area contributed by atoms with Crippen LogP contribution in [0.5, 0.6) is 5.75 Å². The first-order valence-corrected chi connectivity index (χ1v) is 9.07. The number of carbonyl (C=O) groups is 3. The number of rotatable bonds is 6. The number of carbonyl (C=O) groups excluding carboxylic acids is 3. The maximum Gasteiger partial charge on any atom is 0.325 e. The smallest absolute Gasteiger partial charge is 0.325 e. The molecule has 0 aromatic heterocycles. The fourth-order valence-electron chi connectivity index (χ4n) is 2.42. The highest BCUT2D eigenvalue weighted by Gasteiger charge is 2.36. The van der Waals surface area contributed by atoms with E-state index in [1.165, 1.54) is 19.2 Å². The second-order valence-electron chi connectivity index (χ2n) is 5.83. The van der Waals surface area contributed by atoms with Gasteiger partial charge < -0.3 is 9.47 Å². The van der Waals surface area contributed by atoms with Gasteiger partial charge in [-0.2, -0.15) is 0 Å². The minimum Gasteiger partial charge on any atom is -0.489 e. The minimum absolute atomic E-state index is 0.213. The van der Waals surface area contributed by atoms with Gasteiger partial charge in [-0.15, -0.1) is 0 Å². The Bertz CT molecular complexity index is 942. The number of methoxy groups -OCH3 is 1. The van der Waals surface area contributed by atoms with Crippen LogP contribution in [0.2, 0.25) is 0 Å². The van der Waals surface area contributed by atoms with Crippen molar-refractivity contribution in [2.45, 2.75) is 6.61 Å². The highest BCUT2D eigenvalue weighted by molar-refractivity contribution is 8.18. The number of ether oxygens (including phenoxy) is 2. The van der Waals surface area contributed by atoms with Crippen LogP contribution in [0.3, 0.4) is 0 Å². The number of thioether (sulfide) groups is 1. The number of benzene rings is 2. The molecule has 2 aromatic carbocycles. The second-order valence-corrected chi connectivity index (χ2v) is 6.82. The predicted octanol–water partition coefficient (Wildman–Crippen LogP) is 3.61. The lowest BCUT2D eigenvalue weighted by Crippen LogP contribution is -2.34. The molecule has 1 aliphatic heterocycles. The summed E-state index contributed by atoms with van der Waals surface area (Å²) in [4.78, 5) is 36.7. The Hall–Kier alpha value is -3.13. The Morgan fingerprint density at radius 2 is 1.93 bits per heavy atom. The van der Waals surface area contributed by atoms with Crippen molar-refractivity contribution in [3.05, 3.63) is 70.4 Å². The van der Waals surface area contributed by atoms with Gasteiger partial charge in [0.25, 0.3) is 11.1 Å². The molecule has 0 saturated carbocycles. The van der Waals surface area contributed by atoms with Gasteiger partial charge in [-0.3, -0.25) is 19.3 Å². The molecule has 0 radical (unpaired) electrons. The number of hydrogen-bond donors (Lipinski definition) is 0. The molecule has 0 bridgehead atoms. The van der Waals surface area contributed by atoms with Gasteiger partial charge in [0.15, 0.2) is 0 Å². The van der Waals surface area contributed by atoms with E-state index in [1.807, 2.05) is 0 Å². The number of halogens is 1. The highest BCUT2D eigenvalue weighted by Crippen LogP contribution is 2.32. The first-order chi connectivity index (χ1) is 13.5. The molecule has 1 heterocycles. The van der Waals surface area contributed by atoms with Gasteiger partial charge in [-0.25, -0.2) is 4.39 Å². The zero-order valence-corrected chi connectivity index (χ0v) is 15.7.